The molecule has 1 aromatic rings. The summed E-state index contributed by atoms with van der Waals surface area (Å²) in [5, 5.41) is 8.69. The standard InChI is InChI=1S/C11H12F3NO5S/c1-20-5-4-15(6-9(16)17)21(18,19)8-3-2-7(12)10(13)11(8)14/h2-3H,4-6H2,1H3,(H,16,17). The highest BCUT2D eigenvalue weighted by Gasteiger charge is 2.31. The van der Waals surface area contributed by atoms with Crippen LogP contribution in [0.1, 0.15) is 0 Å². The summed E-state index contributed by atoms with van der Waals surface area (Å²) in [7, 11) is -3.39. The molecule has 0 spiro atoms. The number of ether oxygens (including phenoxy) is 1. The average molecular weight is 327 g/mol. The predicted octanol–water partition coefficient (Wildman–Crippen LogP) is 0.826. The maximum absolute atomic E-state index is 13.6. The number of hydrogen-bond acceptors (Lipinski definition) is 4. The van der Waals surface area contributed by atoms with Crippen LogP contribution in [0.25, 0.3) is 0 Å². The zero-order valence-corrected chi connectivity index (χ0v) is 11.7. The third kappa shape index (κ3) is 3.93. The Kier molecular flexibility index (Phi) is 5.70. The van der Waals surface area contributed by atoms with Gasteiger partial charge in [0.05, 0.1) is 6.61 Å². The number of methoxy groups -OCH3 is 1. The van der Waals surface area contributed by atoms with Gasteiger partial charge in [0.25, 0.3) is 0 Å². The van der Waals surface area contributed by atoms with Crippen LogP contribution in [0.2, 0.25) is 0 Å². The summed E-state index contributed by atoms with van der Waals surface area (Å²) in [5.74, 6) is -6.88. The van der Waals surface area contributed by atoms with E-state index in [0.29, 0.717) is 16.4 Å². The Hall–Kier alpha value is -1.65. The molecule has 10 heteroatoms. The lowest BCUT2D eigenvalue weighted by Crippen LogP contribution is -2.38. The van der Waals surface area contributed by atoms with Crippen LogP contribution in [0.4, 0.5) is 13.2 Å². The van der Waals surface area contributed by atoms with Crippen LogP contribution >= 0.6 is 0 Å². The van der Waals surface area contributed by atoms with Gasteiger partial charge in [-0.25, -0.2) is 21.6 Å². The van der Waals surface area contributed by atoms with Gasteiger partial charge in [-0.2, -0.15) is 4.31 Å². The molecule has 0 aliphatic carbocycles. The molecular weight excluding hydrogens is 315 g/mol. The van der Waals surface area contributed by atoms with Gasteiger partial charge in [0.15, 0.2) is 17.5 Å². The van der Waals surface area contributed by atoms with Crippen molar-refractivity contribution in [3.63, 3.8) is 0 Å². The van der Waals surface area contributed by atoms with Crippen molar-refractivity contribution in [2.75, 3.05) is 26.8 Å². The molecule has 0 unspecified atom stereocenters. The largest absolute Gasteiger partial charge is 0.480 e. The van der Waals surface area contributed by atoms with Gasteiger partial charge in [-0.3, -0.25) is 4.79 Å². The van der Waals surface area contributed by atoms with Gasteiger partial charge in [-0.15, -0.1) is 0 Å². The minimum absolute atomic E-state index is 0.155. The first kappa shape index (κ1) is 17.4. The van der Waals surface area contributed by atoms with Crippen molar-refractivity contribution in [2.45, 2.75) is 4.90 Å². The smallest absolute Gasteiger partial charge is 0.318 e. The van der Waals surface area contributed by atoms with Crippen LogP contribution < -0.4 is 0 Å². The number of nitrogens with zero attached hydrogens (tertiary/aromatic N) is 1. The van der Waals surface area contributed by atoms with E-state index in [9.17, 15) is 26.4 Å². The predicted molar refractivity (Wildman–Crippen MR) is 64.6 cm³/mol. The number of carbonyl (C=O) groups is 1. The van der Waals surface area contributed by atoms with Gasteiger partial charge in [-0.1, -0.05) is 0 Å². The summed E-state index contributed by atoms with van der Waals surface area (Å²) >= 11 is 0. The van der Waals surface area contributed by atoms with E-state index >= 15 is 0 Å². The van der Waals surface area contributed by atoms with E-state index in [0.717, 1.165) is 0 Å². The summed E-state index contributed by atoms with van der Waals surface area (Å²) < 4.78 is 68.8. The van der Waals surface area contributed by atoms with Gasteiger partial charge >= 0.3 is 5.97 Å². The van der Waals surface area contributed by atoms with Crippen molar-refractivity contribution in [3.05, 3.63) is 29.6 Å². The second kappa shape index (κ2) is 6.87. The SMILES string of the molecule is COCCN(CC(=O)O)S(=O)(=O)c1ccc(F)c(F)c1F. The highest BCUT2D eigenvalue weighted by atomic mass is 32.2. The van der Waals surface area contributed by atoms with Crippen LogP contribution in [0, 0.1) is 17.5 Å². The van der Waals surface area contributed by atoms with E-state index in [1.165, 1.54) is 7.11 Å². The second-order valence-corrected chi connectivity index (χ2v) is 5.80. The highest BCUT2D eigenvalue weighted by Crippen LogP contribution is 2.22. The summed E-state index contributed by atoms with van der Waals surface area (Å²) in [6.45, 7) is -1.51. The molecule has 0 amide bonds. The molecule has 0 fully saturated rings. The van der Waals surface area contributed by atoms with Crippen molar-refractivity contribution in [1.82, 2.24) is 4.31 Å². The van der Waals surface area contributed by atoms with Crippen LogP contribution in [0.3, 0.4) is 0 Å². The molecule has 0 aliphatic heterocycles. The molecule has 118 valence electrons. The van der Waals surface area contributed by atoms with Crippen molar-refractivity contribution >= 4 is 16.0 Å². The molecule has 0 aromatic heterocycles. The zero-order chi connectivity index (χ0) is 16.2. The normalized spacial score (nSPS) is 11.9. The molecule has 0 saturated heterocycles. The number of aliphatic carboxylic acids is 1. The topological polar surface area (TPSA) is 83.9 Å². The number of carboxylic acid groups (broad SMARTS) is 1. The number of hydrogen-bond donors (Lipinski definition) is 1. The summed E-state index contributed by atoms with van der Waals surface area (Å²) in [4.78, 5) is 9.54. The fourth-order valence-corrected chi connectivity index (χ4v) is 2.90. The highest BCUT2D eigenvalue weighted by molar-refractivity contribution is 7.89. The molecule has 0 bridgehead atoms. The lowest BCUT2D eigenvalue weighted by molar-refractivity contribution is -0.137. The molecule has 0 heterocycles. The number of rotatable bonds is 7. The molecule has 1 aromatic carbocycles. The Morgan fingerprint density at radius 3 is 2.43 bits per heavy atom. The van der Waals surface area contributed by atoms with Crippen molar-refractivity contribution in [3.8, 4) is 0 Å². The molecule has 21 heavy (non-hydrogen) atoms. The fraction of sp³-hybridized carbons (Fsp3) is 0.364. The van der Waals surface area contributed by atoms with E-state index in [4.69, 9.17) is 5.11 Å². The first-order valence-electron chi connectivity index (χ1n) is 5.56. The first-order valence-corrected chi connectivity index (χ1v) is 7.00. The van der Waals surface area contributed by atoms with Gasteiger partial charge in [0, 0.05) is 13.7 Å². The van der Waals surface area contributed by atoms with Gasteiger partial charge in [0.1, 0.15) is 11.4 Å². The quantitative estimate of drug-likeness (QED) is 0.750. The number of benzene rings is 1. The molecule has 0 saturated carbocycles. The minimum Gasteiger partial charge on any atom is -0.480 e. The first-order chi connectivity index (χ1) is 9.71. The molecule has 0 radical (unpaired) electrons. The zero-order valence-electron chi connectivity index (χ0n) is 10.8. The van der Waals surface area contributed by atoms with Crippen molar-refractivity contribution in [1.29, 1.82) is 0 Å². The molecule has 6 nitrogen and oxygen atoms in total. The third-order valence-electron chi connectivity index (χ3n) is 2.47. The van der Waals surface area contributed by atoms with E-state index < -0.39 is 44.9 Å². The second-order valence-electron chi connectivity index (χ2n) is 3.90. The average Bonchev–Trinajstić information content (AvgIpc) is 2.40. The lowest BCUT2D eigenvalue weighted by Gasteiger charge is -2.20. The van der Waals surface area contributed by atoms with Crippen molar-refractivity contribution < 1.29 is 36.2 Å². The number of carboxylic acids is 1. The monoisotopic (exact) mass is 327 g/mol. The lowest BCUT2D eigenvalue weighted by atomic mass is 10.3. The number of sulfonamides is 1. The molecule has 0 atom stereocenters. The maximum atomic E-state index is 13.6. The fourth-order valence-electron chi connectivity index (χ4n) is 1.47. The summed E-state index contributed by atoms with van der Waals surface area (Å²) in [6.07, 6.45) is 0. The van der Waals surface area contributed by atoms with Crippen molar-refractivity contribution in [2.24, 2.45) is 0 Å². The number of halogens is 3. The molecule has 0 aliphatic rings. The van der Waals surface area contributed by atoms with Gasteiger partial charge < -0.3 is 9.84 Å². The summed E-state index contributed by atoms with van der Waals surface area (Å²) in [6, 6.07) is 0.977. The van der Waals surface area contributed by atoms with Gasteiger partial charge in [0.2, 0.25) is 10.0 Å². The Bertz CT molecular complexity index is 635. The van der Waals surface area contributed by atoms with Crippen LogP contribution in [-0.2, 0) is 19.6 Å². The van der Waals surface area contributed by atoms with Crippen LogP contribution in [-0.4, -0.2) is 50.6 Å². The molecule has 1 rings (SSSR count). The van der Waals surface area contributed by atoms with E-state index in [1.807, 2.05) is 0 Å². The van der Waals surface area contributed by atoms with Crippen LogP contribution in [0.5, 0.6) is 0 Å². The van der Waals surface area contributed by atoms with E-state index in [2.05, 4.69) is 4.74 Å². The van der Waals surface area contributed by atoms with E-state index in [-0.39, 0.29) is 13.2 Å². The van der Waals surface area contributed by atoms with E-state index in [1.54, 1.807) is 0 Å². The third-order valence-corrected chi connectivity index (χ3v) is 4.34. The Morgan fingerprint density at radius 1 is 1.29 bits per heavy atom. The Morgan fingerprint density at radius 2 is 1.90 bits per heavy atom. The minimum atomic E-state index is -4.65. The Labute approximate surface area is 118 Å². The van der Waals surface area contributed by atoms with Gasteiger partial charge in [-0.05, 0) is 12.1 Å². The summed E-state index contributed by atoms with van der Waals surface area (Å²) in [5.41, 5.74) is 0. The molecule has 1 N–H and O–H groups in total. The van der Waals surface area contributed by atoms with Crippen LogP contribution in [0.15, 0.2) is 17.0 Å². The molecular formula is C11H12F3NO5S. The Balaban J connectivity index is 3.28. The maximum Gasteiger partial charge on any atom is 0.318 e.